The van der Waals surface area contributed by atoms with Crippen molar-refractivity contribution in [3.8, 4) is 0 Å². The van der Waals surface area contributed by atoms with Gasteiger partial charge in [-0.1, -0.05) is 5.57 Å². The number of rotatable bonds is 2. The minimum atomic E-state index is 0.622. The summed E-state index contributed by atoms with van der Waals surface area (Å²) in [6.07, 6.45) is 3.95. The predicted molar refractivity (Wildman–Crippen MR) is 49.6 cm³/mol. The molecule has 1 rings (SSSR count). The maximum atomic E-state index is 5.44. The summed E-state index contributed by atoms with van der Waals surface area (Å²) < 4.78 is 0. The number of aryl methyl sites for hydroxylation is 1. The van der Waals surface area contributed by atoms with Crippen LogP contribution >= 0.6 is 11.3 Å². The molecule has 0 fully saturated rings. The molecule has 0 amide bonds. The maximum absolute atomic E-state index is 5.44. The van der Waals surface area contributed by atoms with Gasteiger partial charge >= 0.3 is 0 Å². The molecule has 60 valence electrons. The normalized spacial score (nSPS) is 12.1. The minimum Gasteiger partial charge on any atom is -0.327 e. The molecule has 0 aliphatic carbocycles. The summed E-state index contributed by atoms with van der Waals surface area (Å²) in [5.41, 5.74) is 6.63. The van der Waals surface area contributed by atoms with E-state index in [9.17, 15) is 0 Å². The molecule has 0 aromatic carbocycles. The van der Waals surface area contributed by atoms with E-state index in [1.807, 2.05) is 20.0 Å². The Kier molecular flexibility index (Phi) is 2.79. The Morgan fingerprint density at radius 3 is 3.00 bits per heavy atom. The highest BCUT2D eigenvalue weighted by atomic mass is 32.1. The van der Waals surface area contributed by atoms with Crippen molar-refractivity contribution in [1.82, 2.24) is 4.98 Å². The number of hydrogen-bond donors (Lipinski definition) is 1. The van der Waals surface area contributed by atoms with Crippen LogP contribution in [0, 0.1) is 6.92 Å². The van der Waals surface area contributed by atoms with E-state index < -0.39 is 0 Å². The summed E-state index contributed by atoms with van der Waals surface area (Å²) >= 11 is 1.69. The highest BCUT2D eigenvalue weighted by molar-refractivity contribution is 7.12. The largest absolute Gasteiger partial charge is 0.327 e. The lowest BCUT2D eigenvalue weighted by molar-refractivity contribution is 1.15. The van der Waals surface area contributed by atoms with E-state index in [-0.39, 0.29) is 0 Å². The van der Waals surface area contributed by atoms with Crippen LogP contribution in [0.4, 0.5) is 0 Å². The lowest BCUT2D eigenvalue weighted by Crippen LogP contribution is -1.98. The highest BCUT2D eigenvalue weighted by Gasteiger charge is 1.93. The predicted octanol–water partition coefficient (Wildman–Crippen LogP) is 1.81. The van der Waals surface area contributed by atoms with Crippen molar-refractivity contribution in [1.29, 1.82) is 0 Å². The molecule has 2 N–H and O–H groups in total. The number of aromatic nitrogens is 1. The van der Waals surface area contributed by atoms with E-state index in [0.717, 1.165) is 5.01 Å². The molecule has 0 saturated heterocycles. The smallest absolute Gasteiger partial charge is 0.0900 e. The van der Waals surface area contributed by atoms with Crippen LogP contribution in [0.3, 0.4) is 0 Å². The molecule has 11 heavy (non-hydrogen) atoms. The highest BCUT2D eigenvalue weighted by Crippen LogP contribution is 2.14. The zero-order chi connectivity index (χ0) is 8.27. The van der Waals surface area contributed by atoms with Crippen LogP contribution in [0.5, 0.6) is 0 Å². The van der Waals surface area contributed by atoms with Crippen molar-refractivity contribution in [2.45, 2.75) is 13.8 Å². The van der Waals surface area contributed by atoms with E-state index in [1.54, 1.807) is 11.3 Å². The SMILES string of the molecule is CC(=Cc1cnc(C)s1)CN. The van der Waals surface area contributed by atoms with E-state index in [4.69, 9.17) is 5.73 Å². The number of hydrogen-bond acceptors (Lipinski definition) is 3. The van der Waals surface area contributed by atoms with Gasteiger partial charge in [0.1, 0.15) is 0 Å². The van der Waals surface area contributed by atoms with Crippen LogP contribution in [-0.4, -0.2) is 11.5 Å². The van der Waals surface area contributed by atoms with Gasteiger partial charge in [0, 0.05) is 17.6 Å². The molecule has 3 heteroatoms. The fourth-order valence-corrected chi connectivity index (χ4v) is 1.56. The zero-order valence-corrected chi connectivity index (χ0v) is 7.61. The van der Waals surface area contributed by atoms with Gasteiger partial charge in [-0.25, -0.2) is 4.98 Å². The molecular formula is C8H12N2S. The van der Waals surface area contributed by atoms with Gasteiger partial charge in [0.15, 0.2) is 0 Å². The third-order valence-corrected chi connectivity index (χ3v) is 2.21. The molecule has 0 unspecified atom stereocenters. The van der Waals surface area contributed by atoms with Crippen LogP contribution < -0.4 is 5.73 Å². The van der Waals surface area contributed by atoms with Crippen LogP contribution in [0.2, 0.25) is 0 Å². The van der Waals surface area contributed by atoms with Crippen LogP contribution in [0.25, 0.3) is 6.08 Å². The third kappa shape index (κ3) is 2.44. The average molecular weight is 168 g/mol. The molecule has 0 saturated carbocycles. The van der Waals surface area contributed by atoms with Crippen molar-refractivity contribution in [2.24, 2.45) is 5.73 Å². The third-order valence-electron chi connectivity index (χ3n) is 1.35. The van der Waals surface area contributed by atoms with Gasteiger partial charge < -0.3 is 5.73 Å². The summed E-state index contributed by atoms with van der Waals surface area (Å²) in [6, 6.07) is 0. The van der Waals surface area contributed by atoms with Gasteiger partial charge in [0.2, 0.25) is 0 Å². The Hall–Kier alpha value is -0.670. The minimum absolute atomic E-state index is 0.622. The van der Waals surface area contributed by atoms with Gasteiger partial charge in [-0.3, -0.25) is 0 Å². The van der Waals surface area contributed by atoms with Crippen molar-refractivity contribution in [3.63, 3.8) is 0 Å². The second-order valence-electron chi connectivity index (χ2n) is 2.48. The number of thiazole rings is 1. The first-order valence-corrected chi connectivity index (χ1v) is 4.33. The molecule has 2 nitrogen and oxygen atoms in total. The Morgan fingerprint density at radius 2 is 2.55 bits per heavy atom. The summed E-state index contributed by atoms with van der Waals surface area (Å²) in [5, 5.41) is 1.10. The van der Waals surface area contributed by atoms with E-state index in [1.165, 1.54) is 10.5 Å². The van der Waals surface area contributed by atoms with Gasteiger partial charge in [-0.15, -0.1) is 11.3 Å². The fraction of sp³-hybridized carbons (Fsp3) is 0.375. The van der Waals surface area contributed by atoms with E-state index >= 15 is 0 Å². The molecule has 1 aromatic heterocycles. The molecule has 0 radical (unpaired) electrons. The Bertz CT molecular complexity index is 263. The van der Waals surface area contributed by atoms with Crippen LogP contribution in [-0.2, 0) is 0 Å². The topological polar surface area (TPSA) is 38.9 Å². The van der Waals surface area contributed by atoms with Crippen molar-refractivity contribution >= 4 is 17.4 Å². The van der Waals surface area contributed by atoms with Gasteiger partial charge in [0.25, 0.3) is 0 Å². The first-order chi connectivity index (χ1) is 5.22. The quantitative estimate of drug-likeness (QED) is 0.731. The molecule has 1 aromatic rings. The van der Waals surface area contributed by atoms with Crippen LogP contribution in [0.15, 0.2) is 11.8 Å². The van der Waals surface area contributed by atoms with Gasteiger partial charge in [-0.2, -0.15) is 0 Å². The summed E-state index contributed by atoms with van der Waals surface area (Å²) in [6.45, 7) is 4.64. The van der Waals surface area contributed by atoms with Crippen molar-refractivity contribution in [2.75, 3.05) is 6.54 Å². The maximum Gasteiger partial charge on any atom is 0.0900 e. The van der Waals surface area contributed by atoms with E-state index in [0.29, 0.717) is 6.54 Å². The number of nitrogens with two attached hydrogens (primary N) is 1. The number of nitrogens with zero attached hydrogens (tertiary/aromatic N) is 1. The lowest BCUT2D eigenvalue weighted by atomic mass is 10.3. The van der Waals surface area contributed by atoms with Crippen molar-refractivity contribution in [3.05, 3.63) is 21.7 Å². The molecule has 0 aliphatic heterocycles. The zero-order valence-electron chi connectivity index (χ0n) is 6.79. The van der Waals surface area contributed by atoms with Gasteiger partial charge in [0.05, 0.1) is 5.01 Å². The molecule has 1 heterocycles. The van der Waals surface area contributed by atoms with Crippen LogP contribution in [0.1, 0.15) is 16.8 Å². The molecule has 0 spiro atoms. The Labute approximate surface area is 70.8 Å². The first kappa shape index (κ1) is 8.43. The summed E-state index contributed by atoms with van der Waals surface area (Å²) in [5.74, 6) is 0. The summed E-state index contributed by atoms with van der Waals surface area (Å²) in [4.78, 5) is 5.32. The molecule has 0 aliphatic rings. The fourth-order valence-electron chi connectivity index (χ4n) is 0.746. The Morgan fingerprint density at radius 1 is 1.82 bits per heavy atom. The molecule has 0 atom stereocenters. The lowest BCUT2D eigenvalue weighted by Gasteiger charge is -1.90. The second kappa shape index (κ2) is 3.64. The first-order valence-electron chi connectivity index (χ1n) is 3.52. The molecular weight excluding hydrogens is 156 g/mol. The second-order valence-corrected chi connectivity index (χ2v) is 3.74. The summed E-state index contributed by atoms with van der Waals surface area (Å²) in [7, 11) is 0. The molecule has 0 bridgehead atoms. The van der Waals surface area contributed by atoms with Crippen molar-refractivity contribution < 1.29 is 0 Å². The van der Waals surface area contributed by atoms with E-state index in [2.05, 4.69) is 11.1 Å². The monoisotopic (exact) mass is 168 g/mol. The Balaban J connectivity index is 2.78. The standard InChI is InChI=1S/C8H12N2S/c1-6(4-9)3-8-5-10-7(2)11-8/h3,5H,4,9H2,1-2H3. The van der Waals surface area contributed by atoms with Gasteiger partial charge in [-0.05, 0) is 19.9 Å². The average Bonchev–Trinajstić information content (AvgIpc) is 2.35.